The van der Waals surface area contributed by atoms with Gasteiger partial charge in [0.25, 0.3) is 0 Å². The van der Waals surface area contributed by atoms with E-state index in [-0.39, 0.29) is 17.2 Å². The zero-order chi connectivity index (χ0) is 15.4. The summed E-state index contributed by atoms with van der Waals surface area (Å²) in [5.41, 5.74) is 4.09. The SMILES string of the molecule is O=C(Nc1nc2c3c(ccc2s1)CCCC3)C1CC12CCOC2. The highest BCUT2D eigenvalue weighted by Gasteiger charge is 2.59. The molecule has 2 aromatic rings. The molecule has 120 valence electrons. The Labute approximate surface area is 139 Å². The molecule has 1 aliphatic heterocycles. The number of carbonyl (C=O) groups is 1. The number of anilines is 1. The van der Waals surface area contributed by atoms with Crippen molar-refractivity contribution in [3.63, 3.8) is 0 Å². The molecule has 23 heavy (non-hydrogen) atoms. The van der Waals surface area contributed by atoms with Crippen molar-refractivity contribution < 1.29 is 9.53 Å². The van der Waals surface area contributed by atoms with Gasteiger partial charge in [-0.15, -0.1) is 0 Å². The summed E-state index contributed by atoms with van der Waals surface area (Å²) in [7, 11) is 0. The molecular formula is C18H20N2O2S. The van der Waals surface area contributed by atoms with Crippen molar-refractivity contribution in [2.45, 2.75) is 38.5 Å². The van der Waals surface area contributed by atoms with E-state index in [1.807, 2.05) is 0 Å². The summed E-state index contributed by atoms with van der Waals surface area (Å²) in [6, 6.07) is 4.41. The highest BCUT2D eigenvalue weighted by Crippen LogP contribution is 2.58. The Morgan fingerprint density at radius 3 is 3.13 bits per heavy atom. The molecule has 5 rings (SSSR count). The molecule has 2 unspecified atom stereocenters. The van der Waals surface area contributed by atoms with Crippen LogP contribution in [0.25, 0.3) is 10.2 Å². The number of amides is 1. The normalized spacial score (nSPS) is 29.0. The van der Waals surface area contributed by atoms with E-state index >= 15 is 0 Å². The fraction of sp³-hybridized carbons (Fsp3) is 0.556. The van der Waals surface area contributed by atoms with Crippen molar-refractivity contribution >= 4 is 32.6 Å². The van der Waals surface area contributed by atoms with E-state index in [4.69, 9.17) is 9.72 Å². The smallest absolute Gasteiger partial charge is 0.229 e. The highest BCUT2D eigenvalue weighted by atomic mass is 32.1. The van der Waals surface area contributed by atoms with Crippen LogP contribution < -0.4 is 5.32 Å². The van der Waals surface area contributed by atoms with Crippen LogP contribution in [0.15, 0.2) is 12.1 Å². The summed E-state index contributed by atoms with van der Waals surface area (Å²) in [4.78, 5) is 17.2. The average molecular weight is 328 g/mol. The first kappa shape index (κ1) is 13.9. The lowest BCUT2D eigenvalue weighted by molar-refractivity contribution is -0.118. The molecule has 4 nitrogen and oxygen atoms in total. The number of benzene rings is 1. The van der Waals surface area contributed by atoms with Crippen molar-refractivity contribution in [2.24, 2.45) is 11.3 Å². The third-order valence-corrected chi connectivity index (χ3v) is 6.69. The van der Waals surface area contributed by atoms with Crippen molar-refractivity contribution in [2.75, 3.05) is 18.5 Å². The van der Waals surface area contributed by atoms with Crippen LogP contribution in [-0.2, 0) is 22.4 Å². The molecule has 3 aliphatic rings. The third kappa shape index (κ3) is 2.21. The van der Waals surface area contributed by atoms with Crippen LogP contribution in [0, 0.1) is 11.3 Å². The second kappa shape index (κ2) is 5.02. The number of fused-ring (bicyclic) bond motifs is 3. The number of carbonyl (C=O) groups excluding carboxylic acids is 1. The zero-order valence-corrected chi connectivity index (χ0v) is 13.9. The number of aromatic nitrogens is 1. The molecule has 1 aromatic carbocycles. The molecule has 2 atom stereocenters. The topological polar surface area (TPSA) is 51.2 Å². The predicted molar refractivity (Wildman–Crippen MR) is 90.9 cm³/mol. The van der Waals surface area contributed by atoms with Gasteiger partial charge in [0.2, 0.25) is 5.91 Å². The Bertz CT molecular complexity index is 792. The molecule has 1 N–H and O–H groups in total. The lowest BCUT2D eigenvalue weighted by Crippen LogP contribution is -2.18. The first-order valence-electron chi connectivity index (χ1n) is 8.55. The number of nitrogens with zero attached hydrogens (tertiary/aromatic N) is 1. The van der Waals surface area contributed by atoms with Crippen LogP contribution in [0.1, 0.15) is 36.8 Å². The zero-order valence-electron chi connectivity index (χ0n) is 13.1. The van der Waals surface area contributed by atoms with Gasteiger partial charge in [0, 0.05) is 17.9 Å². The van der Waals surface area contributed by atoms with E-state index in [1.165, 1.54) is 28.7 Å². The lowest BCUT2D eigenvalue weighted by atomic mass is 9.91. The second-order valence-corrected chi connectivity index (χ2v) is 8.22. The third-order valence-electron chi connectivity index (χ3n) is 5.76. The average Bonchev–Trinajstić information content (AvgIpc) is 2.90. The van der Waals surface area contributed by atoms with E-state index < -0.39 is 0 Å². The van der Waals surface area contributed by atoms with E-state index in [0.29, 0.717) is 0 Å². The largest absolute Gasteiger partial charge is 0.381 e. The van der Waals surface area contributed by atoms with Gasteiger partial charge >= 0.3 is 0 Å². The number of hydrogen-bond acceptors (Lipinski definition) is 4. The van der Waals surface area contributed by atoms with Crippen LogP contribution in [0.3, 0.4) is 0 Å². The molecule has 5 heteroatoms. The maximum Gasteiger partial charge on any atom is 0.229 e. The summed E-state index contributed by atoms with van der Waals surface area (Å²) in [6.07, 6.45) is 6.80. The minimum absolute atomic E-state index is 0.117. The van der Waals surface area contributed by atoms with Gasteiger partial charge in [0.05, 0.1) is 16.8 Å². The van der Waals surface area contributed by atoms with Crippen LogP contribution in [0.5, 0.6) is 0 Å². The van der Waals surface area contributed by atoms with Crippen molar-refractivity contribution in [3.8, 4) is 0 Å². The first-order valence-corrected chi connectivity index (χ1v) is 9.37. The molecular weight excluding hydrogens is 308 g/mol. The quantitative estimate of drug-likeness (QED) is 0.917. The van der Waals surface area contributed by atoms with Gasteiger partial charge < -0.3 is 10.1 Å². The Morgan fingerprint density at radius 2 is 2.26 bits per heavy atom. The molecule has 0 radical (unpaired) electrons. The number of nitrogens with one attached hydrogen (secondary N) is 1. The van der Waals surface area contributed by atoms with E-state index in [0.717, 1.165) is 49.5 Å². The molecule has 0 bridgehead atoms. The minimum Gasteiger partial charge on any atom is -0.381 e. The summed E-state index contributed by atoms with van der Waals surface area (Å²) < 4.78 is 6.66. The predicted octanol–water partition coefficient (Wildman–Crippen LogP) is 3.54. The maximum absolute atomic E-state index is 12.5. The summed E-state index contributed by atoms with van der Waals surface area (Å²) >= 11 is 1.60. The number of hydrogen-bond donors (Lipinski definition) is 1. The molecule has 1 saturated heterocycles. The molecule has 1 aromatic heterocycles. The van der Waals surface area contributed by atoms with Crippen LogP contribution >= 0.6 is 11.3 Å². The summed E-state index contributed by atoms with van der Waals surface area (Å²) in [6.45, 7) is 1.55. The Balaban J connectivity index is 1.40. The highest BCUT2D eigenvalue weighted by molar-refractivity contribution is 7.22. The van der Waals surface area contributed by atoms with Gasteiger partial charge in [-0.1, -0.05) is 17.4 Å². The monoisotopic (exact) mass is 328 g/mol. The fourth-order valence-corrected chi connectivity index (χ4v) is 5.14. The lowest BCUT2D eigenvalue weighted by Gasteiger charge is -2.15. The number of thiazole rings is 1. The first-order chi connectivity index (χ1) is 11.3. The number of ether oxygens (including phenoxy) is 1. The summed E-state index contributed by atoms with van der Waals surface area (Å²) in [5.74, 6) is 0.245. The van der Waals surface area contributed by atoms with Crippen molar-refractivity contribution in [3.05, 3.63) is 23.3 Å². The molecule has 1 amide bonds. The van der Waals surface area contributed by atoms with Gasteiger partial charge in [-0.2, -0.15) is 0 Å². The molecule has 2 fully saturated rings. The van der Waals surface area contributed by atoms with E-state index in [9.17, 15) is 4.79 Å². The Kier molecular flexibility index (Phi) is 3.04. The van der Waals surface area contributed by atoms with Gasteiger partial charge in [-0.3, -0.25) is 4.79 Å². The van der Waals surface area contributed by atoms with Crippen molar-refractivity contribution in [1.29, 1.82) is 0 Å². The van der Waals surface area contributed by atoms with Gasteiger partial charge in [0.15, 0.2) is 5.13 Å². The maximum atomic E-state index is 12.5. The van der Waals surface area contributed by atoms with E-state index in [1.54, 1.807) is 11.3 Å². The van der Waals surface area contributed by atoms with Crippen LogP contribution in [0.4, 0.5) is 5.13 Å². The van der Waals surface area contributed by atoms with E-state index in [2.05, 4.69) is 17.4 Å². The molecule has 2 heterocycles. The molecule has 1 saturated carbocycles. The van der Waals surface area contributed by atoms with Crippen LogP contribution in [0.2, 0.25) is 0 Å². The standard InChI is InChI=1S/C18H20N2O2S/c21-16(13-9-18(13)7-8-22-10-18)20-17-19-15-12-4-2-1-3-11(12)5-6-14(15)23-17/h5-6,13H,1-4,7-10H2,(H,19,20,21). The number of aryl methyl sites for hydroxylation is 2. The Hall–Kier alpha value is -1.46. The second-order valence-electron chi connectivity index (χ2n) is 7.19. The summed E-state index contributed by atoms with van der Waals surface area (Å²) in [5, 5.41) is 3.82. The van der Waals surface area contributed by atoms with Crippen LogP contribution in [-0.4, -0.2) is 24.1 Å². The van der Waals surface area contributed by atoms with Gasteiger partial charge in [-0.25, -0.2) is 4.98 Å². The Morgan fingerprint density at radius 1 is 1.35 bits per heavy atom. The van der Waals surface area contributed by atoms with Crippen molar-refractivity contribution in [1.82, 2.24) is 4.98 Å². The molecule has 2 aliphatic carbocycles. The fourth-order valence-electron chi connectivity index (χ4n) is 4.24. The minimum atomic E-state index is 0.117. The van der Waals surface area contributed by atoms with Gasteiger partial charge in [0.1, 0.15) is 0 Å². The molecule has 1 spiro atoms. The number of rotatable bonds is 2. The van der Waals surface area contributed by atoms with Gasteiger partial charge in [-0.05, 0) is 55.7 Å².